The fourth-order valence-corrected chi connectivity index (χ4v) is 1.86. The van der Waals surface area contributed by atoms with Gasteiger partial charge in [0.25, 0.3) is 5.69 Å². The van der Waals surface area contributed by atoms with Gasteiger partial charge in [0, 0.05) is 5.69 Å². The summed E-state index contributed by atoms with van der Waals surface area (Å²) >= 11 is 0. The number of halogens is 1. The number of ether oxygens (including phenoxy) is 1. The van der Waals surface area contributed by atoms with Gasteiger partial charge in [-0.3, -0.25) is 10.1 Å². The number of nitro benzene ring substituents is 1. The van der Waals surface area contributed by atoms with Gasteiger partial charge in [-0.2, -0.15) is 0 Å². The first-order chi connectivity index (χ1) is 10.5. The number of nitrogens with zero attached hydrogens (tertiary/aromatic N) is 1. The summed E-state index contributed by atoms with van der Waals surface area (Å²) in [5.41, 5.74) is 0.519. The Labute approximate surface area is 125 Å². The number of carbonyl (C=O) groups excluding carboxylic acids is 1. The van der Waals surface area contributed by atoms with E-state index in [1.54, 1.807) is 25.1 Å². The van der Waals surface area contributed by atoms with Crippen LogP contribution in [0.3, 0.4) is 0 Å². The molecule has 114 valence electrons. The van der Waals surface area contributed by atoms with Crippen LogP contribution in [0, 0.1) is 15.9 Å². The van der Waals surface area contributed by atoms with E-state index in [4.69, 9.17) is 4.74 Å². The maximum atomic E-state index is 13.1. The zero-order valence-corrected chi connectivity index (χ0v) is 11.7. The molecule has 22 heavy (non-hydrogen) atoms. The molecule has 0 aliphatic heterocycles. The second-order valence-electron chi connectivity index (χ2n) is 4.34. The molecule has 0 heterocycles. The van der Waals surface area contributed by atoms with E-state index in [2.05, 4.69) is 5.32 Å². The predicted molar refractivity (Wildman–Crippen MR) is 78.7 cm³/mol. The van der Waals surface area contributed by atoms with Crippen LogP contribution in [-0.4, -0.2) is 17.5 Å². The number of esters is 1. The molecule has 6 nitrogen and oxygen atoms in total. The summed E-state index contributed by atoms with van der Waals surface area (Å²) in [5.74, 6) is -1.18. The second kappa shape index (κ2) is 6.66. The van der Waals surface area contributed by atoms with Crippen LogP contribution in [0.5, 0.6) is 0 Å². The van der Waals surface area contributed by atoms with Crippen molar-refractivity contribution in [1.82, 2.24) is 0 Å². The molecule has 2 aromatic carbocycles. The normalized spacial score (nSPS) is 10.1. The molecule has 0 amide bonds. The van der Waals surface area contributed by atoms with E-state index in [1.165, 1.54) is 12.1 Å². The van der Waals surface area contributed by atoms with Crippen molar-refractivity contribution < 1.29 is 18.8 Å². The smallest absolute Gasteiger partial charge is 0.338 e. The number of nitrogens with one attached hydrogen (secondary N) is 1. The van der Waals surface area contributed by atoms with Crippen molar-refractivity contribution in [2.24, 2.45) is 0 Å². The quantitative estimate of drug-likeness (QED) is 0.518. The number of anilines is 2. The maximum Gasteiger partial charge on any atom is 0.338 e. The maximum absolute atomic E-state index is 13.1. The minimum atomic E-state index is -0.697. The molecule has 0 aliphatic carbocycles. The first-order valence-electron chi connectivity index (χ1n) is 6.49. The highest BCUT2D eigenvalue weighted by atomic mass is 19.1. The molecule has 0 radical (unpaired) electrons. The zero-order chi connectivity index (χ0) is 16.1. The second-order valence-corrected chi connectivity index (χ2v) is 4.34. The monoisotopic (exact) mass is 304 g/mol. The molecule has 2 aromatic rings. The van der Waals surface area contributed by atoms with Gasteiger partial charge in [0.05, 0.1) is 23.2 Å². The molecule has 0 aromatic heterocycles. The lowest BCUT2D eigenvalue weighted by Gasteiger charge is -2.09. The molecule has 0 bridgehead atoms. The van der Waals surface area contributed by atoms with Crippen molar-refractivity contribution in [3.63, 3.8) is 0 Å². The Morgan fingerprint density at radius 1 is 1.32 bits per heavy atom. The van der Waals surface area contributed by atoms with Gasteiger partial charge in [0.1, 0.15) is 11.5 Å². The molecule has 0 spiro atoms. The van der Waals surface area contributed by atoms with Crippen molar-refractivity contribution in [2.45, 2.75) is 6.92 Å². The van der Waals surface area contributed by atoms with Crippen LogP contribution in [0.4, 0.5) is 21.5 Å². The van der Waals surface area contributed by atoms with E-state index >= 15 is 0 Å². The van der Waals surface area contributed by atoms with E-state index in [0.29, 0.717) is 11.3 Å². The topological polar surface area (TPSA) is 81.5 Å². The van der Waals surface area contributed by atoms with Gasteiger partial charge in [-0.1, -0.05) is 6.07 Å². The van der Waals surface area contributed by atoms with Gasteiger partial charge in [-0.15, -0.1) is 0 Å². The van der Waals surface area contributed by atoms with Gasteiger partial charge >= 0.3 is 5.97 Å². The summed E-state index contributed by atoms with van der Waals surface area (Å²) in [6.45, 7) is 1.95. The third-order valence-electron chi connectivity index (χ3n) is 2.81. The lowest BCUT2D eigenvalue weighted by atomic mass is 10.2. The molecular formula is C15H13FN2O4. The van der Waals surface area contributed by atoms with E-state index in [-0.39, 0.29) is 18.0 Å². The van der Waals surface area contributed by atoms with Crippen LogP contribution in [0.15, 0.2) is 42.5 Å². The lowest BCUT2D eigenvalue weighted by molar-refractivity contribution is -0.384. The van der Waals surface area contributed by atoms with Gasteiger partial charge in [-0.25, -0.2) is 9.18 Å². The van der Waals surface area contributed by atoms with Crippen molar-refractivity contribution in [3.05, 3.63) is 64.0 Å². The standard InChI is InChI=1S/C15H13FN2O4/c1-2-22-15(19)10-4-3-5-12(8-10)17-13-7-6-11(16)9-14(13)18(20)21/h3-9,17H,2H2,1H3. The number of rotatable bonds is 5. The van der Waals surface area contributed by atoms with Crippen LogP contribution in [0.2, 0.25) is 0 Å². The highest BCUT2D eigenvalue weighted by Crippen LogP contribution is 2.28. The molecule has 0 aliphatic rings. The number of benzene rings is 2. The first kappa shape index (κ1) is 15.4. The minimum Gasteiger partial charge on any atom is -0.462 e. The molecule has 0 saturated carbocycles. The number of hydrogen-bond donors (Lipinski definition) is 1. The van der Waals surface area contributed by atoms with Gasteiger partial charge in [-0.05, 0) is 37.3 Å². The lowest BCUT2D eigenvalue weighted by Crippen LogP contribution is -2.05. The van der Waals surface area contributed by atoms with Crippen LogP contribution in [0.1, 0.15) is 17.3 Å². The van der Waals surface area contributed by atoms with Gasteiger partial charge < -0.3 is 10.1 Å². The SMILES string of the molecule is CCOC(=O)c1cccc(Nc2ccc(F)cc2[N+](=O)[O-])c1. The van der Waals surface area contributed by atoms with E-state index in [9.17, 15) is 19.3 Å². The number of nitro groups is 1. The van der Waals surface area contributed by atoms with Crippen LogP contribution >= 0.6 is 0 Å². The summed E-state index contributed by atoms with van der Waals surface area (Å²) < 4.78 is 18.0. The largest absolute Gasteiger partial charge is 0.462 e. The average molecular weight is 304 g/mol. The van der Waals surface area contributed by atoms with E-state index < -0.39 is 16.7 Å². The number of hydrogen-bond acceptors (Lipinski definition) is 5. The molecule has 0 atom stereocenters. The molecule has 2 rings (SSSR count). The van der Waals surface area contributed by atoms with Crippen LogP contribution < -0.4 is 5.32 Å². The Kier molecular flexibility index (Phi) is 4.67. The Morgan fingerprint density at radius 3 is 2.77 bits per heavy atom. The highest BCUT2D eigenvalue weighted by Gasteiger charge is 2.15. The fourth-order valence-electron chi connectivity index (χ4n) is 1.86. The minimum absolute atomic E-state index is 0.132. The Morgan fingerprint density at radius 2 is 2.09 bits per heavy atom. The van der Waals surface area contributed by atoms with E-state index in [0.717, 1.165) is 12.1 Å². The molecule has 0 saturated heterocycles. The molecule has 0 unspecified atom stereocenters. The van der Waals surface area contributed by atoms with Gasteiger partial charge in [0.2, 0.25) is 0 Å². The molecule has 0 fully saturated rings. The summed E-state index contributed by atoms with van der Waals surface area (Å²) in [5, 5.41) is 13.8. The Balaban J connectivity index is 2.30. The Hall–Kier alpha value is -2.96. The highest BCUT2D eigenvalue weighted by molar-refractivity contribution is 5.90. The van der Waals surface area contributed by atoms with Crippen molar-refractivity contribution >= 4 is 23.0 Å². The summed E-state index contributed by atoms with van der Waals surface area (Å²) in [4.78, 5) is 21.9. The fraction of sp³-hybridized carbons (Fsp3) is 0.133. The Bertz CT molecular complexity index is 718. The molecule has 7 heteroatoms. The van der Waals surface area contributed by atoms with Gasteiger partial charge in [0.15, 0.2) is 0 Å². The van der Waals surface area contributed by atoms with E-state index in [1.807, 2.05) is 0 Å². The number of carbonyl (C=O) groups is 1. The first-order valence-corrected chi connectivity index (χ1v) is 6.49. The summed E-state index contributed by atoms with van der Waals surface area (Å²) in [6, 6.07) is 9.54. The third-order valence-corrected chi connectivity index (χ3v) is 2.81. The van der Waals surface area contributed by atoms with Crippen molar-refractivity contribution in [1.29, 1.82) is 0 Å². The van der Waals surface area contributed by atoms with Crippen LogP contribution in [0.25, 0.3) is 0 Å². The molecule has 1 N–H and O–H groups in total. The predicted octanol–water partition coefficient (Wildman–Crippen LogP) is 3.65. The zero-order valence-electron chi connectivity index (χ0n) is 11.7. The average Bonchev–Trinajstić information content (AvgIpc) is 2.49. The summed E-state index contributed by atoms with van der Waals surface area (Å²) in [6.07, 6.45) is 0. The van der Waals surface area contributed by atoms with Crippen molar-refractivity contribution in [2.75, 3.05) is 11.9 Å². The van der Waals surface area contributed by atoms with Crippen molar-refractivity contribution in [3.8, 4) is 0 Å². The molecular weight excluding hydrogens is 291 g/mol. The third kappa shape index (κ3) is 3.57. The van der Waals surface area contributed by atoms with Crippen LogP contribution in [-0.2, 0) is 4.74 Å². The summed E-state index contributed by atoms with van der Waals surface area (Å²) in [7, 11) is 0.